The maximum Gasteiger partial charge on any atom is 0.0716 e. The van der Waals surface area contributed by atoms with E-state index >= 15 is 0 Å². The Kier molecular flexibility index (Phi) is 2.95. The summed E-state index contributed by atoms with van der Waals surface area (Å²) >= 11 is 5.82. The van der Waals surface area contributed by atoms with Crippen LogP contribution in [0.1, 0.15) is 11.1 Å². The van der Waals surface area contributed by atoms with Gasteiger partial charge in [0, 0.05) is 7.11 Å². The Morgan fingerprint density at radius 1 is 1.50 bits per heavy atom. The Balaban J connectivity index is 3.05. The molecule has 1 aromatic carbocycles. The van der Waals surface area contributed by atoms with Crippen LogP contribution in [0.25, 0.3) is 0 Å². The predicted octanol–water partition coefficient (Wildman–Crippen LogP) is 2.38. The summed E-state index contributed by atoms with van der Waals surface area (Å²) < 4.78 is 5.00. The minimum Gasteiger partial charge on any atom is -0.398 e. The maximum absolute atomic E-state index is 5.82. The van der Waals surface area contributed by atoms with Crippen LogP contribution in [-0.2, 0) is 11.3 Å². The Morgan fingerprint density at radius 2 is 2.17 bits per heavy atom. The number of hydrogen-bond donors (Lipinski definition) is 1. The monoisotopic (exact) mass is 185 g/mol. The fraction of sp³-hybridized carbons (Fsp3) is 0.333. The molecule has 0 unspecified atom stereocenters. The summed E-state index contributed by atoms with van der Waals surface area (Å²) in [6, 6.07) is 3.70. The van der Waals surface area contributed by atoms with E-state index in [2.05, 4.69) is 0 Å². The zero-order valence-corrected chi connectivity index (χ0v) is 7.98. The molecule has 0 fully saturated rings. The average molecular weight is 186 g/mol. The van der Waals surface area contributed by atoms with E-state index in [1.54, 1.807) is 7.11 Å². The molecular weight excluding hydrogens is 174 g/mol. The molecule has 0 aliphatic carbocycles. The third kappa shape index (κ3) is 1.90. The summed E-state index contributed by atoms with van der Waals surface area (Å²) in [6.07, 6.45) is 0. The van der Waals surface area contributed by atoms with Gasteiger partial charge in [-0.05, 0) is 30.2 Å². The molecule has 2 nitrogen and oxygen atoms in total. The number of methoxy groups -OCH3 is 1. The van der Waals surface area contributed by atoms with Crippen LogP contribution in [0.3, 0.4) is 0 Å². The van der Waals surface area contributed by atoms with Gasteiger partial charge < -0.3 is 10.5 Å². The molecule has 0 atom stereocenters. The van der Waals surface area contributed by atoms with Gasteiger partial charge in [-0.1, -0.05) is 11.6 Å². The van der Waals surface area contributed by atoms with Crippen molar-refractivity contribution in [1.29, 1.82) is 0 Å². The first-order chi connectivity index (χ1) is 5.65. The molecule has 12 heavy (non-hydrogen) atoms. The minimum atomic E-state index is 0.577. The first-order valence-corrected chi connectivity index (χ1v) is 4.06. The van der Waals surface area contributed by atoms with E-state index in [4.69, 9.17) is 22.1 Å². The molecule has 3 heteroatoms. The fourth-order valence-corrected chi connectivity index (χ4v) is 1.27. The molecule has 2 N–H and O–H groups in total. The molecular formula is C9H12ClNO. The molecule has 66 valence electrons. The number of hydrogen-bond acceptors (Lipinski definition) is 2. The lowest BCUT2D eigenvalue weighted by atomic mass is 10.1. The van der Waals surface area contributed by atoms with E-state index < -0.39 is 0 Å². The van der Waals surface area contributed by atoms with E-state index in [1.165, 1.54) is 0 Å². The van der Waals surface area contributed by atoms with Crippen LogP contribution >= 0.6 is 11.6 Å². The van der Waals surface area contributed by atoms with E-state index in [0.29, 0.717) is 17.3 Å². The van der Waals surface area contributed by atoms with Gasteiger partial charge in [-0.25, -0.2) is 0 Å². The van der Waals surface area contributed by atoms with Crippen LogP contribution in [0.2, 0.25) is 5.02 Å². The van der Waals surface area contributed by atoms with Gasteiger partial charge in [0.1, 0.15) is 0 Å². The van der Waals surface area contributed by atoms with Gasteiger partial charge in [-0.15, -0.1) is 0 Å². The first kappa shape index (κ1) is 9.36. The van der Waals surface area contributed by atoms with Crippen LogP contribution in [-0.4, -0.2) is 7.11 Å². The van der Waals surface area contributed by atoms with E-state index in [-0.39, 0.29) is 0 Å². The van der Waals surface area contributed by atoms with Gasteiger partial charge in [0.05, 0.1) is 17.3 Å². The smallest absolute Gasteiger partial charge is 0.0716 e. The second kappa shape index (κ2) is 3.78. The molecule has 0 saturated carbocycles. The number of ether oxygens (including phenoxy) is 1. The lowest BCUT2D eigenvalue weighted by Gasteiger charge is -2.06. The van der Waals surface area contributed by atoms with Crippen molar-refractivity contribution in [2.24, 2.45) is 0 Å². The molecule has 0 aliphatic heterocycles. The fourth-order valence-electron chi connectivity index (χ4n) is 1.05. The number of benzene rings is 1. The molecule has 0 heterocycles. The first-order valence-electron chi connectivity index (χ1n) is 3.68. The molecule has 0 saturated heterocycles. The van der Waals surface area contributed by atoms with Gasteiger partial charge in [0.2, 0.25) is 0 Å². The predicted molar refractivity (Wildman–Crippen MR) is 51.3 cm³/mol. The molecule has 0 aliphatic rings. The number of aryl methyl sites for hydroxylation is 1. The van der Waals surface area contributed by atoms with Gasteiger partial charge in [-0.3, -0.25) is 0 Å². The van der Waals surface area contributed by atoms with Crippen molar-refractivity contribution in [3.63, 3.8) is 0 Å². The van der Waals surface area contributed by atoms with E-state index in [1.807, 2.05) is 19.1 Å². The minimum absolute atomic E-state index is 0.577. The largest absolute Gasteiger partial charge is 0.398 e. The van der Waals surface area contributed by atoms with Gasteiger partial charge in [0.15, 0.2) is 0 Å². The summed E-state index contributed by atoms with van der Waals surface area (Å²) in [5.41, 5.74) is 8.43. The normalized spacial score (nSPS) is 10.2. The van der Waals surface area contributed by atoms with Gasteiger partial charge in [-0.2, -0.15) is 0 Å². The Morgan fingerprint density at radius 3 is 2.75 bits per heavy atom. The zero-order valence-electron chi connectivity index (χ0n) is 7.23. The SMILES string of the molecule is COCc1cc(N)c(Cl)cc1C. The van der Waals surface area contributed by atoms with Crippen molar-refractivity contribution < 1.29 is 4.74 Å². The van der Waals surface area contributed by atoms with E-state index in [0.717, 1.165) is 11.1 Å². The molecule has 0 aromatic heterocycles. The third-order valence-corrected chi connectivity index (χ3v) is 2.08. The molecule has 1 aromatic rings. The second-order valence-electron chi connectivity index (χ2n) is 2.73. The summed E-state index contributed by atoms with van der Waals surface area (Å²) in [7, 11) is 1.66. The van der Waals surface area contributed by atoms with Crippen molar-refractivity contribution in [1.82, 2.24) is 0 Å². The summed E-state index contributed by atoms with van der Waals surface area (Å²) in [5.74, 6) is 0. The molecule has 0 bridgehead atoms. The highest BCUT2D eigenvalue weighted by Crippen LogP contribution is 2.23. The number of anilines is 1. The maximum atomic E-state index is 5.82. The van der Waals surface area contributed by atoms with Crippen LogP contribution in [0.4, 0.5) is 5.69 Å². The lowest BCUT2D eigenvalue weighted by Crippen LogP contribution is -1.95. The van der Waals surface area contributed by atoms with Gasteiger partial charge in [0.25, 0.3) is 0 Å². The van der Waals surface area contributed by atoms with Crippen molar-refractivity contribution in [3.8, 4) is 0 Å². The Hall–Kier alpha value is -0.730. The van der Waals surface area contributed by atoms with E-state index in [9.17, 15) is 0 Å². The molecule has 0 amide bonds. The number of nitrogen functional groups attached to an aromatic ring is 1. The van der Waals surface area contributed by atoms with Crippen LogP contribution in [0.5, 0.6) is 0 Å². The van der Waals surface area contributed by atoms with Crippen molar-refractivity contribution in [3.05, 3.63) is 28.3 Å². The van der Waals surface area contributed by atoms with Crippen LogP contribution in [0, 0.1) is 6.92 Å². The quantitative estimate of drug-likeness (QED) is 0.719. The average Bonchev–Trinajstić information content (AvgIpc) is 2.01. The second-order valence-corrected chi connectivity index (χ2v) is 3.14. The number of rotatable bonds is 2. The van der Waals surface area contributed by atoms with Crippen LogP contribution < -0.4 is 5.73 Å². The Bertz CT molecular complexity index is 286. The summed E-state index contributed by atoms with van der Waals surface area (Å²) in [5, 5.41) is 0.604. The number of nitrogens with two attached hydrogens (primary N) is 1. The number of halogens is 1. The summed E-state index contributed by atoms with van der Waals surface area (Å²) in [6.45, 7) is 2.56. The molecule has 1 rings (SSSR count). The highest BCUT2D eigenvalue weighted by atomic mass is 35.5. The standard InChI is InChI=1S/C9H12ClNO/c1-6-3-8(10)9(11)4-7(6)5-12-2/h3-4H,5,11H2,1-2H3. The van der Waals surface area contributed by atoms with Crippen molar-refractivity contribution in [2.75, 3.05) is 12.8 Å². The molecule has 0 spiro atoms. The zero-order chi connectivity index (χ0) is 9.14. The summed E-state index contributed by atoms with van der Waals surface area (Å²) in [4.78, 5) is 0. The van der Waals surface area contributed by atoms with Crippen molar-refractivity contribution in [2.45, 2.75) is 13.5 Å². The topological polar surface area (TPSA) is 35.2 Å². The third-order valence-electron chi connectivity index (χ3n) is 1.76. The highest BCUT2D eigenvalue weighted by Gasteiger charge is 2.02. The Labute approximate surface area is 77.3 Å². The van der Waals surface area contributed by atoms with Crippen LogP contribution in [0.15, 0.2) is 12.1 Å². The lowest BCUT2D eigenvalue weighted by molar-refractivity contribution is 0.184. The van der Waals surface area contributed by atoms with Gasteiger partial charge >= 0.3 is 0 Å². The van der Waals surface area contributed by atoms with Crippen molar-refractivity contribution >= 4 is 17.3 Å². The highest BCUT2D eigenvalue weighted by molar-refractivity contribution is 6.33. The molecule has 0 radical (unpaired) electrons.